The molecule has 2 rings (SSSR count). The van der Waals surface area contributed by atoms with Gasteiger partial charge in [-0.15, -0.1) is 0 Å². The van der Waals surface area contributed by atoms with Crippen molar-refractivity contribution < 1.29 is 4.42 Å². The molecule has 0 fully saturated rings. The minimum atomic E-state index is 0.108. The molecule has 0 aliphatic rings. The van der Waals surface area contributed by atoms with Gasteiger partial charge in [-0.1, -0.05) is 37.3 Å². The SMILES string of the molecule is CCN(Cc1ccccc1)C(CN)c1ccc(Br)o1. The summed E-state index contributed by atoms with van der Waals surface area (Å²) in [5, 5.41) is 0. The van der Waals surface area contributed by atoms with Crippen LogP contribution in [0.25, 0.3) is 0 Å². The summed E-state index contributed by atoms with van der Waals surface area (Å²) in [5.74, 6) is 0.909. The van der Waals surface area contributed by atoms with Crippen molar-refractivity contribution in [2.24, 2.45) is 5.73 Å². The Labute approximate surface area is 122 Å². The molecule has 0 radical (unpaired) electrons. The summed E-state index contributed by atoms with van der Waals surface area (Å²) in [6.45, 7) is 4.48. The standard InChI is InChI=1S/C15H19BrN2O/c1-2-18(11-12-6-4-3-5-7-12)13(10-17)14-8-9-15(16)19-14/h3-9,13H,2,10-11,17H2,1H3. The fourth-order valence-electron chi connectivity index (χ4n) is 2.21. The van der Waals surface area contributed by atoms with Crippen LogP contribution in [0, 0.1) is 0 Å². The van der Waals surface area contributed by atoms with Crippen molar-refractivity contribution in [1.29, 1.82) is 0 Å². The molecule has 2 N–H and O–H groups in total. The van der Waals surface area contributed by atoms with Gasteiger partial charge in [0, 0.05) is 13.1 Å². The maximum absolute atomic E-state index is 5.93. The summed E-state index contributed by atoms with van der Waals surface area (Å²) < 4.78 is 6.40. The molecule has 2 aromatic rings. The summed E-state index contributed by atoms with van der Waals surface area (Å²) >= 11 is 3.34. The van der Waals surface area contributed by atoms with Crippen molar-refractivity contribution in [3.05, 3.63) is 58.5 Å². The molecule has 4 heteroatoms. The zero-order valence-corrected chi connectivity index (χ0v) is 12.6. The lowest BCUT2D eigenvalue weighted by atomic mass is 10.1. The number of nitrogens with two attached hydrogens (primary N) is 1. The Morgan fingerprint density at radius 1 is 1.21 bits per heavy atom. The Balaban J connectivity index is 2.15. The number of hydrogen-bond donors (Lipinski definition) is 1. The largest absolute Gasteiger partial charge is 0.453 e. The van der Waals surface area contributed by atoms with Gasteiger partial charge >= 0.3 is 0 Å². The van der Waals surface area contributed by atoms with Crippen LogP contribution in [0.4, 0.5) is 0 Å². The van der Waals surface area contributed by atoms with E-state index in [4.69, 9.17) is 10.2 Å². The minimum absolute atomic E-state index is 0.108. The first kappa shape index (κ1) is 14.3. The normalized spacial score (nSPS) is 12.8. The highest BCUT2D eigenvalue weighted by molar-refractivity contribution is 9.10. The second-order valence-electron chi connectivity index (χ2n) is 4.44. The van der Waals surface area contributed by atoms with E-state index in [1.54, 1.807) is 0 Å². The van der Waals surface area contributed by atoms with E-state index in [1.165, 1.54) is 5.56 Å². The van der Waals surface area contributed by atoms with Gasteiger partial charge in [-0.25, -0.2) is 0 Å². The number of rotatable bonds is 6. The number of halogens is 1. The molecular formula is C15H19BrN2O. The monoisotopic (exact) mass is 322 g/mol. The van der Waals surface area contributed by atoms with Crippen LogP contribution < -0.4 is 5.73 Å². The van der Waals surface area contributed by atoms with Gasteiger partial charge < -0.3 is 10.2 Å². The van der Waals surface area contributed by atoms with Crippen molar-refractivity contribution in [2.45, 2.75) is 19.5 Å². The van der Waals surface area contributed by atoms with Crippen LogP contribution in [0.1, 0.15) is 24.3 Å². The third kappa shape index (κ3) is 3.69. The highest BCUT2D eigenvalue weighted by Gasteiger charge is 2.21. The van der Waals surface area contributed by atoms with E-state index >= 15 is 0 Å². The topological polar surface area (TPSA) is 42.4 Å². The fourth-order valence-corrected chi connectivity index (χ4v) is 2.53. The Morgan fingerprint density at radius 2 is 1.95 bits per heavy atom. The second-order valence-corrected chi connectivity index (χ2v) is 5.22. The molecule has 1 aromatic heterocycles. The first-order valence-corrected chi connectivity index (χ1v) is 7.27. The van der Waals surface area contributed by atoms with Crippen LogP contribution >= 0.6 is 15.9 Å². The summed E-state index contributed by atoms with van der Waals surface area (Å²) in [5.41, 5.74) is 7.21. The van der Waals surface area contributed by atoms with E-state index in [0.29, 0.717) is 6.54 Å². The van der Waals surface area contributed by atoms with Gasteiger partial charge in [-0.3, -0.25) is 4.90 Å². The Bertz CT molecular complexity index is 498. The van der Waals surface area contributed by atoms with E-state index in [0.717, 1.165) is 23.5 Å². The first-order valence-electron chi connectivity index (χ1n) is 6.48. The second kappa shape index (κ2) is 6.89. The van der Waals surface area contributed by atoms with Gasteiger partial charge in [-0.2, -0.15) is 0 Å². The number of hydrogen-bond acceptors (Lipinski definition) is 3. The first-order chi connectivity index (χ1) is 9.24. The predicted molar refractivity (Wildman–Crippen MR) is 80.7 cm³/mol. The third-order valence-electron chi connectivity index (χ3n) is 3.22. The van der Waals surface area contributed by atoms with Crippen LogP contribution in [-0.4, -0.2) is 18.0 Å². The van der Waals surface area contributed by atoms with Crippen LogP contribution in [0.2, 0.25) is 0 Å². The molecule has 0 amide bonds. The Kier molecular flexibility index (Phi) is 5.19. The van der Waals surface area contributed by atoms with Crippen LogP contribution in [0.3, 0.4) is 0 Å². The van der Waals surface area contributed by atoms with E-state index in [-0.39, 0.29) is 6.04 Å². The van der Waals surface area contributed by atoms with Crippen LogP contribution in [0.15, 0.2) is 51.6 Å². The van der Waals surface area contributed by atoms with Crippen molar-refractivity contribution in [3.63, 3.8) is 0 Å². The van der Waals surface area contributed by atoms with E-state index < -0.39 is 0 Å². The summed E-state index contributed by atoms with van der Waals surface area (Å²) in [7, 11) is 0. The number of nitrogens with zero attached hydrogens (tertiary/aromatic N) is 1. The molecule has 1 aromatic carbocycles. The van der Waals surface area contributed by atoms with Gasteiger partial charge in [0.25, 0.3) is 0 Å². The lowest BCUT2D eigenvalue weighted by molar-refractivity contribution is 0.179. The van der Waals surface area contributed by atoms with Gasteiger partial charge in [0.2, 0.25) is 0 Å². The lowest BCUT2D eigenvalue weighted by Gasteiger charge is -2.28. The highest BCUT2D eigenvalue weighted by Crippen LogP contribution is 2.25. The number of likely N-dealkylation sites (N-methyl/N-ethyl adjacent to an activating group) is 1. The molecule has 0 spiro atoms. The highest BCUT2D eigenvalue weighted by atomic mass is 79.9. The molecule has 1 unspecified atom stereocenters. The molecule has 19 heavy (non-hydrogen) atoms. The van der Waals surface area contributed by atoms with Crippen molar-refractivity contribution in [2.75, 3.05) is 13.1 Å². The molecule has 0 aliphatic carbocycles. The summed E-state index contributed by atoms with van der Waals surface area (Å²) in [4.78, 5) is 2.32. The quantitative estimate of drug-likeness (QED) is 0.884. The zero-order chi connectivity index (χ0) is 13.7. The smallest absolute Gasteiger partial charge is 0.169 e. The minimum Gasteiger partial charge on any atom is -0.453 e. The summed E-state index contributed by atoms with van der Waals surface area (Å²) in [6.07, 6.45) is 0. The fraction of sp³-hybridized carbons (Fsp3) is 0.333. The van der Waals surface area contributed by atoms with E-state index in [1.807, 2.05) is 18.2 Å². The Morgan fingerprint density at radius 3 is 2.47 bits per heavy atom. The molecule has 0 saturated heterocycles. The van der Waals surface area contributed by atoms with E-state index in [2.05, 4.69) is 52.0 Å². The van der Waals surface area contributed by atoms with Crippen molar-refractivity contribution in [3.8, 4) is 0 Å². The molecule has 0 saturated carbocycles. The average Bonchev–Trinajstić information content (AvgIpc) is 2.86. The number of furan rings is 1. The Hall–Kier alpha value is -1.10. The molecule has 0 bridgehead atoms. The molecule has 1 atom stereocenters. The van der Waals surface area contributed by atoms with Gasteiger partial charge in [0.15, 0.2) is 4.67 Å². The predicted octanol–water partition coefficient (Wildman–Crippen LogP) is 3.56. The van der Waals surface area contributed by atoms with Crippen molar-refractivity contribution in [1.82, 2.24) is 4.90 Å². The zero-order valence-electron chi connectivity index (χ0n) is 11.1. The third-order valence-corrected chi connectivity index (χ3v) is 3.65. The number of benzene rings is 1. The molecule has 1 heterocycles. The van der Waals surface area contributed by atoms with Crippen LogP contribution in [0.5, 0.6) is 0 Å². The molecular weight excluding hydrogens is 304 g/mol. The average molecular weight is 323 g/mol. The van der Waals surface area contributed by atoms with Gasteiger partial charge in [0.1, 0.15) is 5.76 Å². The van der Waals surface area contributed by atoms with Gasteiger partial charge in [-0.05, 0) is 40.2 Å². The van der Waals surface area contributed by atoms with Crippen molar-refractivity contribution >= 4 is 15.9 Å². The maximum Gasteiger partial charge on any atom is 0.169 e. The van der Waals surface area contributed by atoms with E-state index in [9.17, 15) is 0 Å². The summed E-state index contributed by atoms with van der Waals surface area (Å²) in [6, 6.07) is 14.4. The molecule has 0 aliphatic heterocycles. The lowest BCUT2D eigenvalue weighted by Crippen LogP contribution is -2.33. The van der Waals surface area contributed by atoms with Gasteiger partial charge in [0.05, 0.1) is 6.04 Å². The molecule has 3 nitrogen and oxygen atoms in total. The van der Waals surface area contributed by atoms with Crippen LogP contribution in [-0.2, 0) is 6.54 Å². The molecule has 102 valence electrons. The maximum atomic E-state index is 5.93.